The van der Waals surface area contributed by atoms with E-state index in [0.717, 1.165) is 59.2 Å². The first-order valence-corrected chi connectivity index (χ1v) is 15.8. The van der Waals surface area contributed by atoms with Gasteiger partial charge in [-0.1, -0.05) is 61.0 Å². The van der Waals surface area contributed by atoms with Gasteiger partial charge in [0.05, 0.1) is 24.0 Å². The van der Waals surface area contributed by atoms with Crippen LogP contribution in [0.4, 0.5) is 9.59 Å². The molecule has 1 atom stereocenters. The van der Waals surface area contributed by atoms with E-state index in [1.807, 2.05) is 48.5 Å². The molecule has 2 aliphatic heterocycles. The third kappa shape index (κ3) is 8.92. The summed E-state index contributed by atoms with van der Waals surface area (Å²) in [6.07, 6.45) is 2.55. The summed E-state index contributed by atoms with van der Waals surface area (Å²) in [6, 6.07) is 20.7. The summed E-state index contributed by atoms with van der Waals surface area (Å²) in [5, 5.41) is 4.22. The Balaban J connectivity index is 0.000000530. The molecule has 1 unspecified atom stereocenters. The second-order valence-corrected chi connectivity index (χ2v) is 12.4. The Kier molecular flexibility index (Phi) is 11.4. The number of amides is 4. The van der Waals surface area contributed by atoms with Crippen molar-refractivity contribution in [3.05, 3.63) is 82.9 Å². The number of para-hydroxylation sites is 1. The molecule has 12 heteroatoms. The van der Waals surface area contributed by atoms with Crippen LogP contribution in [-0.2, 0) is 20.8 Å². The fourth-order valence-electron chi connectivity index (χ4n) is 4.16. The molecule has 3 aromatic carbocycles. The van der Waals surface area contributed by atoms with Crippen molar-refractivity contribution in [3.8, 4) is 23.0 Å². The minimum absolute atomic E-state index is 0.185. The van der Waals surface area contributed by atoms with Crippen molar-refractivity contribution < 1.29 is 33.4 Å². The molecule has 5 rings (SSSR count). The molecular weight excluding hydrogens is 612 g/mol. The van der Waals surface area contributed by atoms with Crippen molar-refractivity contribution in [2.24, 2.45) is 0 Å². The zero-order valence-electron chi connectivity index (χ0n) is 23.6. The van der Waals surface area contributed by atoms with Crippen molar-refractivity contribution >= 4 is 57.4 Å². The molecule has 2 fully saturated rings. The molecule has 4 amide bonds. The second-order valence-electron chi connectivity index (χ2n) is 9.63. The zero-order chi connectivity index (χ0) is 30.8. The molecule has 2 saturated heterocycles. The normalized spacial score (nSPS) is 17.6. The Hall–Kier alpha value is -3.67. The Morgan fingerprint density at radius 2 is 1.58 bits per heavy atom. The van der Waals surface area contributed by atoms with Gasteiger partial charge in [-0.2, -0.15) is 0 Å². The van der Waals surface area contributed by atoms with E-state index in [1.165, 1.54) is 0 Å². The number of halogens is 1. The van der Waals surface area contributed by atoms with Crippen LogP contribution in [0.5, 0.6) is 23.0 Å². The minimum Gasteiger partial charge on any atom is -0.493 e. The van der Waals surface area contributed by atoms with Crippen molar-refractivity contribution in [3.63, 3.8) is 0 Å². The Morgan fingerprint density at radius 3 is 2.16 bits per heavy atom. The molecule has 0 radical (unpaired) electrons. The predicted molar refractivity (Wildman–Crippen MR) is 168 cm³/mol. The molecule has 0 bridgehead atoms. The number of rotatable bonds is 11. The lowest BCUT2D eigenvalue weighted by Gasteiger charge is -2.20. The zero-order valence-corrected chi connectivity index (χ0v) is 26.0. The number of carbonyl (C=O) groups excluding carboxylic acids is 4. The van der Waals surface area contributed by atoms with Crippen molar-refractivity contribution in [1.29, 1.82) is 0 Å². The molecular formula is C31H31ClN2O7S2. The van der Waals surface area contributed by atoms with Gasteiger partial charge in [-0.05, 0) is 78.7 Å². The highest BCUT2D eigenvalue weighted by atomic mass is 35.5. The molecule has 0 spiro atoms. The summed E-state index contributed by atoms with van der Waals surface area (Å²) in [6.45, 7) is 4.74. The van der Waals surface area contributed by atoms with E-state index in [2.05, 4.69) is 17.6 Å². The van der Waals surface area contributed by atoms with Crippen LogP contribution in [-0.4, -0.2) is 41.3 Å². The van der Waals surface area contributed by atoms with Crippen LogP contribution in [0.2, 0.25) is 5.02 Å². The fraction of sp³-hybridized carbons (Fsp3) is 0.290. The van der Waals surface area contributed by atoms with Crippen LogP contribution in [0.25, 0.3) is 0 Å². The lowest BCUT2D eigenvalue weighted by molar-refractivity contribution is -0.121. The molecule has 43 heavy (non-hydrogen) atoms. The summed E-state index contributed by atoms with van der Waals surface area (Å²) in [7, 11) is 0. The maximum absolute atomic E-state index is 12.2. The molecule has 9 nitrogen and oxygen atoms in total. The third-order valence-electron chi connectivity index (χ3n) is 6.34. The molecule has 3 aromatic rings. The quantitative estimate of drug-likeness (QED) is 0.211. The van der Waals surface area contributed by atoms with Gasteiger partial charge in [0.25, 0.3) is 10.5 Å². The van der Waals surface area contributed by atoms with E-state index in [-0.39, 0.29) is 22.3 Å². The number of hydrogen-bond acceptors (Lipinski definition) is 9. The number of benzene rings is 3. The van der Waals surface area contributed by atoms with Crippen LogP contribution in [0, 0.1) is 0 Å². The summed E-state index contributed by atoms with van der Waals surface area (Å²) in [5.41, 5.74) is 1.76. The van der Waals surface area contributed by atoms with Crippen molar-refractivity contribution in [2.75, 3.05) is 19.0 Å². The summed E-state index contributed by atoms with van der Waals surface area (Å²) in [5.74, 6) is 2.70. The summed E-state index contributed by atoms with van der Waals surface area (Å²) in [4.78, 5) is 44.0. The Morgan fingerprint density at radius 1 is 0.860 bits per heavy atom. The number of carbonyl (C=O) groups is 4. The third-order valence-corrected chi connectivity index (χ3v) is 8.52. The maximum Gasteiger partial charge on any atom is 0.287 e. The fourth-order valence-corrected chi connectivity index (χ4v) is 5.82. The van der Waals surface area contributed by atoms with Gasteiger partial charge in [0.15, 0.2) is 0 Å². The van der Waals surface area contributed by atoms with E-state index >= 15 is 0 Å². The Bertz CT molecular complexity index is 1470. The van der Waals surface area contributed by atoms with Gasteiger partial charge in [0, 0.05) is 6.42 Å². The van der Waals surface area contributed by atoms with Crippen molar-refractivity contribution in [1.82, 2.24) is 10.6 Å². The van der Waals surface area contributed by atoms with Gasteiger partial charge in [-0.15, -0.1) is 0 Å². The van der Waals surface area contributed by atoms with Crippen LogP contribution in [0.3, 0.4) is 0 Å². The van der Waals surface area contributed by atoms with E-state index in [4.69, 9.17) is 25.8 Å². The molecule has 2 heterocycles. The molecule has 226 valence electrons. The molecule has 0 aliphatic carbocycles. The predicted octanol–water partition coefficient (Wildman–Crippen LogP) is 7.10. The van der Waals surface area contributed by atoms with Crippen LogP contribution >= 0.6 is 35.1 Å². The smallest absolute Gasteiger partial charge is 0.287 e. The molecule has 2 N–H and O–H groups in total. The minimum atomic E-state index is -0.995. The number of aryl methyl sites for hydroxylation is 1. The Labute approximate surface area is 263 Å². The first-order chi connectivity index (χ1) is 20.7. The van der Waals surface area contributed by atoms with E-state index in [1.54, 1.807) is 25.1 Å². The maximum atomic E-state index is 12.2. The first-order valence-electron chi connectivity index (χ1n) is 13.6. The largest absolute Gasteiger partial charge is 0.493 e. The van der Waals surface area contributed by atoms with E-state index in [0.29, 0.717) is 41.7 Å². The van der Waals surface area contributed by atoms with Crippen LogP contribution in [0.1, 0.15) is 37.8 Å². The number of imide groups is 2. The SMILES string of the molecule is CCCc1cc(Oc2ccccc2)ccc1OCCCOc1ccc(C2(C)SC(=O)NC2=O)cc1Cl.O=C1CSC(=O)N1. The summed E-state index contributed by atoms with van der Waals surface area (Å²) >= 11 is 8.35. The summed E-state index contributed by atoms with van der Waals surface area (Å²) < 4.78 is 16.8. The lowest BCUT2D eigenvalue weighted by atomic mass is 9.99. The first kappa shape index (κ1) is 32.2. The number of thioether (sulfide) groups is 2. The standard InChI is InChI=1S/C28H28ClNO5S.C3H3NO2S/c1-3-8-19-17-22(35-21-9-5-4-6-10-21)12-14-24(19)33-15-7-16-34-25-13-11-20(18-23(25)29)28(2)26(31)30-27(32)36-28;5-2-1-7-3(6)4-2/h4-6,9-14,17-18H,3,7-8,15-16H2,1-2H3,(H,30,31,32);1H2,(H,4,5,6). The van der Waals surface area contributed by atoms with Gasteiger partial charge in [-0.25, -0.2) is 0 Å². The van der Waals surface area contributed by atoms with E-state index in [9.17, 15) is 19.2 Å². The topological polar surface area (TPSA) is 120 Å². The molecule has 0 saturated carbocycles. The van der Waals surface area contributed by atoms with E-state index < -0.39 is 4.75 Å². The van der Waals surface area contributed by atoms with Gasteiger partial charge in [0.1, 0.15) is 27.7 Å². The van der Waals surface area contributed by atoms with Gasteiger partial charge < -0.3 is 14.2 Å². The second kappa shape index (κ2) is 15.2. The lowest BCUT2D eigenvalue weighted by Crippen LogP contribution is -2.31. The van der Waals surface area contributed by atoms with Crippen molar-refractivity contribution in [2.45, 2.75) is 37.9 Å². The number of nitrogens with one attached hydrogen (secondary N) is 2. The van der Waals surface area contributed by atoms with Gasteiger partial charge in [-0.3, -0.25) is 29.8 Å². The molecule has 2 aliphatic rings. The number of ether oxygens (including phenoxy) is 3. The average molecular weight is 643 g/mol. The van der Waals surface area contributed by atoms with Crippen LogP contribution in [0.15, 0.2) is 66.7 Å². The number of hydrogen-bond donors (Lipinski definition) is 2. The highest BCUT2D eigenvalue weighted by molar-refractivity contribution is 8.15. The van der Waals surface area contributed by atoms with Crippen LogP contribution < -0.4 is 24.8 Å². The monoisotopic (exact) mass is 642 g/mol. The average Bonchev–Trinajstić information content (AvgIpc) is 3.49. The van der Waals surface area contributed by atoms with Gasteiger partial charge >= 0.3 is 0 Å². The highest BCUT2D eigenvalue weighted by Gasteiger charge is 2.45. The molecule has 0 aromatic heterocycles. The van der Waals surface area contributed by atoms with Gasteiger partial charge in [0.2, 0.25) is 11.8 Å². The highest BCUT2D eigenvalue weighted by Crippen LogP contribution is 2.43.